The first kappa shape index (κ1) is 10.8. The van der Waals surface area contributed by atoms with E-state index in [0.717, 1.165) is 5.69 Å². The zero-order valence-electron chi connectivity index (χ0n) is 9.39. The van der Waals surface area contributed by atoms with Gasteiger partial charge in [0.25, 0.3) is 0 Å². The summed E-state index contributed by atoms with van der Waals surface area (Å²) in [5, 5.41) is 1.29. The number of hydrogen-bond acceptors (Lipinski definition) is 1. The van der Waals surface area contributed by atoms with Crippen molar-refractivity contribution in [3.05, 3.63) is 52.4 Å². The van der Waals surface area contributed by atoms with Crippen LogP contribution >= 0.6 is 22.6 Å². The normalized spacial score (nSPS) is 10.9. The number of rotatable bonds is 1. The number of nitrogens with zero attached hydrogens (tertiary/aromatic N) is 2. The molecule has 3 heteroatoms. The molecule has 2 heterocycles. The topological polar surface area (TPSA) is 17.8 Å². The molecular weight excluding hydrogens is 323 g/mol. The molecule has 0 aliphatic rings. The van der Waals surface area contributed by atoms with E-state index in [9.17, 15) is 0 Å². The van der Waals surface area contributed by atoms with Crippen LogP contribution in [0.1, 0.15) is 0 Å². The standard InChI is InChI=1S/C14H11IN2/c1-17-9-12(15)11-8-10(5-6-14(11)17)13-4-2-3-7-16-13/h2-9H,1H3. The van der Waals surface area contributed by atoms with Gasteiger partial charge in [-0.2, -0.15) is 0 Å². The highest BCUT2D eigenvalue weighted by Crippen LogP contribution is 2.27. The van der Waals surface area contributed by atoms with Crippen LogP contribution in [0.2, 0.25) is 0 Å². The van der Waals surface area contributed by atoms with Crippen LogP contribution < -0.4 is 0 Å². The second-order valence-electron chi connectivity index (χ2n) is 4.03. The predicted molar refractivity (Wildman–Crippen MR) is 78.9 cm³/mol. The van der Waals surface area contributed by atoms with Crippen molar-refractivity contribution in [3.8, 4) is 11.3 Å². The third-order valence-electron chi connectivity index (χ3n) is 2.90. The minimum Gasteiger partial charge on any atom is -0.349 e. The van der Waals surface area contributed by atoms with Crippen LogP contribution in [0.4, 0.5) is 0 Å². The van der Waals surface area contributed by atoms with Gasteiger partial charge in [0.1, 0.15) is 0 Å². The van der Waals surface area contributed by atoms with Crippen molar-refractivity contribution >= 4 is 33.5 Å². The predicted octanol–water partition coefficient (Wildman–Crippen LogP) is 3.84. The first-order chi connectivity index (χ1) is 8.25. The molecule has 84 valence electrons. The van der Waals surface area contributed by atoms with Gasteiger partial charge >= 0.3 is 0 Å². The lowest BCUT2D eigenvalue weighted by molar-refractivity contribution is 0.966. The Morgan fingerprint density at radius 3 is 2.82 bits per heavy atom. The van der Waals surface area contributed by atoms with E-state index >= 15 is 0 Å². The van der Waals surface area contributed by atoms with E-state index in [-0.39, 0.29) is 0 Å². The molecule has 0 saturated heterocycles. The molecular formula is C14H11IN2. The van der Waals surface area contributed by atoms with Crippen LogP contribution in [0, 0.1) is 3.57 Å². The molecule has 0 fully saturated rings. The molecule has 2 aromatic heterocycles. The van der Waals surface area contributed by atoms with Crippen molar-refractivity contribution in [1.82, 2.24) is 9.55 Å². The van der Waals surface area contributed by atoms with Crippen molar-refractivity contribution in [3.63, 3.8) is 0 Å². The Balaban J connectivity index is 2.24. The molecule has 0 atom stereocenters. The summed E-state index contributed by atoms with van der Waals surface area (Å²) in [5.41, 5.74) is 3.45. The van der Waals surface area contributed by atoms with E-state index in [1.165, 1.54) is 20.0 Å². The smallest absolute Gasteiger partial charge is 0.0702 e. The number of aromatic nitrogens is 2. The number of aryl methyl sites for hydroxylation is 1. The van der Waals surface area contributed by atoms with E-state index in [0.29, 0.717) is 0 Å². The second kappa shape index (κ2) is 4.14. The number of fused-ring (bicyclic) bond motifs is 1. The van der Waals surface area contributed by atoms with E-state index in [4.69, 9.17) is 0 Å². The molecule has 2 nitrogen and oxygen atoms in total. The van der Waals surface area contributed by atoms with Crippen molar-refractivity contribution in [2.75, 3.05) is 0 Å². The van der Waals surface area contributed by atoms with E-state index < -0.39 is 0 Å². The van der Waals surface area contributed by atoms with Crippen molar-refractivity contribution in [1.29, 1.82) is 0 Å². The monoisotopic (exact) mass is 334 g/mol. The molecule has 0 bridgehead atoms. The molecule has 0 saturated carbocycles. The van der Waals surface area contributed by atoms with Gasteiger partial charge in [0.15, 0.2) is 0 Å². The average molecular weight is 334 g/mol. The minimum absolute atomic E-state index is 1.02. The minimum atomic E-state index is 1.02. The summed E-state index contributed by atoms with van der Waals surface area (Å²) in [6.45, 7) is 0. The van der Waals surface area contributed by atoms with Crippen molar-refractivity contribution in [2.45, 2.75) is 0 Å². The molecule has 3 rings (SSSR count). The van der Waals surface area contributed by atoms with Crippen LogP contribution in [-0.4, -0.2) is 9.55 Å². The third kappa shape index (κ3) is 1.84. The van der Waals surface area contributed by atoms with Crippen molar-refractivity contribution < 1.29 is 0 Å². The summed E-state index contributed by atoms with van der Waals surface area (Å²) in [6.07, 6.45) is 3.98. The van der Waals surface area contributed by atoms with Gasteiger partial charge in [-0.05, 0) is 46.9 Å². The number of benzene rings is 1. The van der Waals surface area contributed by atoms with Gasteiger partial charge < -0.3 is 4.57 Å². The van der Waals surface area contributed by atoms with Gasteiger partial charge in [-0.25, -0.2) is 0 Å². The molecule has 0 aliphatic carbocycles. The fourth-order valence-corrected chi connectivity index (χ4v) is 2.89. The van der Waals surface area contributed by atoms with E-state index in [1.807, 2.05) is 24.4 Å². The molecule has 1 aromatic carbocycles. The van der Waals surface area contributed by atoms with Gasteiger partial charge in [0.2, 0.25) is 0 Å². The summed E-state index contributed by atoms with van der Waals surface area (Å²) in [6, 6.07) is 12.5. The maximum Gasteiger partial charge on any atom is 0.0702 e. The summed E-state index contributed by atoms with van der Waals surface area (Å²) < 4.78 is 3.43. The first-order valence-electron chi connectivity index (χ1n) is 5.42. The molecule has 0 amide bonds. The SMILES string of the molecule is Cn1cc(I)c2cc(-c3ccccn3)ccc21. The van der Waals surface area contributed by atoms with Crippen LogP contribution in [0.15, 0.2) is 48.8 Å². The highest BCUT2D eigenvalue weighted by atomic mass is 127. The number of hydrogen-bond donors (Lipinski definition) is 0. The van der Waals surface area contributed by atoms with Gasteiger partial charge in [-0.15, -0.1) is 0 Å². The number of pyridine rings is 1. The lowest BCUT2D eigenvalue weighted by Gasteiger charge is -2.02. The Bertz CT molecular complexity index is 671. The maximum atomic E-state index is 4.38. The van der Waals surface area contributed by atoms with Gasteiger partial charge in [0.05, 0.1) is 5.69 Å². The molecule has 0 N–H and O–H groups in total. The molecule has 17 heavy (non-hydrogen) atoms. The highest BCUT2D eigenvalue weighted by molar-refractivity contribution is 14.1. The summed E-state index contributed by atoms with van der Waals surface area (Å²) in [4.78, 5) is 4.38. The molecule has 0 aliphatic heterocycles. The van der Waals surface area contributed by atoms with E-state index in [1.54, 1.807) is 0 Å². The molecule has 3 aromatic rings. The van der Waals surface area contributed by atoms with Crippen LogP contribution in [0.3, 0.4) is 0 Å². The lowest BCUT2D eigenvalue weighted by atomic mass is 10.1. The largest absolute Gasteiger partial charge is 0.349 e. The van der Waals surface area contributed by atoms with Crippen LogP contribution in [-0.2, 0) is 7.05 Å². The zero-order chi connectivity index (χ0) is 11.8. The summed E-state index contributed by atoms with van der Waals surface area (Å²) in [7, 11) is 2.07. The van der Waals surface area contributed by atoms with Crippen LogP contribution in [0.5, 0.6) is 0 Å². The fraction of sp³-hybridized carbons (Fsp3) is 0.0714. The Morgan fingerprint density at radius 1 is 1.18 bits per heavy atom. The summed E-state index contributed by atoms with van der Waals surface area (Å²) in [5.74, 6) is 0. The zero-order valence-corrected chi connectivity index (χ0v) is 11.5. The Hall–Kier alpha value is -1.36. The quantitative estimate of drug-likeness (QED) is 0.618. The van der Waals surface area contributed by atoms with Crippen LogP contribution in [0.25, 0.3) is 22.2 Å². The Kier molecular flexibility index (Phi) is 2.63. The van der Waals surface area contributed by atoms with Gasteiger partial charge in [-0.3, -0.25) is 4.98 Å². The number of halogens is 1. The van der Waals surface area contributed by atoms with Gasteiger partial charge in [-0.1, -0.05) is 12.1 Å². The third-order valence-corrected chi connectivity index (χ3v) is 3.76. The van der Waals surface area contributed by atoms with E-state index in [2.05, 4.69) is 63.6 Å². The summed E-state index contributed by atoms with van der Waals surface area (Å²) >= 11 is 2.37. The average Bonchev–Trinajstić information content (AvgIpc) is 2.66. The highest BCUT2D eigenvalue weighted by Gasteiger charge is 2.06. The fourth-order valence-electron chi connectivity index (χ4n) is 2.04. The molecule has 0 unspecified atom stereocenters. The van der Waals surface area contributed by atoms with Crippen molar-refractivity contribution in [2.24, 2.45) is 7.05 Å². The lowest BCUT2D eigenvalue weighted by Crippen LogP contribution is -1.85. The first-order valence-corrected chi connectivity index (χ1v) is 6.49. The second-order valence-corrected chi connectivity index (χ2v) is 5.20. The van der Waals surface area contributed by atoms with Gasteiger partial charge in [0, 0.05) is 39.5 Å². The Morgan fingerprint density at radius 2 is 2.06 bits per heavy atom. The Labute approximate surface area is 113 Å². The molecule has 0 radical (unpaired) electrons. The molecule has 0 spiro atoms. The maximum absolute atomic E-state index is 4.38.